The van der Waals surface area contributed by atoms with Crippen molar-refractivity contribution >= 4 is 28.5 Å². The Morgan fingerprint density at radius 1 is 1.33 bits per heavy atom. The van der Waals surface area contributed by atoms with E-state index in [1.54, 1.807) is 0 Å². The van der Waals surface area contributed by atoms with Gasteiger partial charge in [-0.2, -0.15) is 0 Å². The molecule has 1 aromatic rings. The van der Waals surface area contributed by atoms with Crippen LogP contribution in [0.1, 0.15) is 31.1 Å². The van der Waals surface area contributed by atoms with Crippen molar-refractivity contribution in [3.63, 3.8) is 0 Å². The molecule has 1 aromatic carbocycles. The fraction of sp³-hybridized carbons (Fsp3) is 0.562. The summed E-state index contributed by atoms with van der Waals surface area (Å²) in [7, 11) is 0. The second-order valence-electron chi connectivity index (χ2n) is 5.78. The summed E-state index contributed by atoms with van der Waals surface area (Å²) >= 11 is 2.23. The molecule has 1 saturated heterocycles. The quantitative estimate of drug-likeness (QED) is 0.788. The predicted molar refractivity (Wildman–Crippen MR) is 92.5 cm³/mol. The van der Waals surface area contributed by atoms with Gasteiger partial charge in [0.2, 0.25) is 0 Å². The molecule has 0 radical (unpaired) electrons. The van der Waals surface area contributed by atoms with Crippen LogP contribution in [0.25, 0.3) is 0 Å². The Kier molecular flexibility index (Phi) is 6.01. The van der Waals surface area contributed by atoms with E-state index in [9.17, 15) is 4.79 Å². The van der Waals surface area contributed by atoms with E-state index in [0.29, 0.717) is 18.2 Å². The van der Waals surface area contributed by atoms with Crippen LogP contribution in [0, 0.1) is 3.57 Å². The summed E-state index contributed by atoms with van der Waals surface area (Å²) in [6, 6.07) is 7.93. The molecule has 0 aromatic heterocycles. The summed E-state index contributed by atoms with van der Waals surface area (Å²) in [5, 5.41) is 3.02. The Labute approximate surface area is 140 Å². The molecular formula is C16H23IN2O2. The molecule has 0 saturated carbocycles. The van der Waals surface area contributed by atoms with Gasteiger partial charge in [0, 0.05) is 34.8 Å². The highest BCUT2D eigenvalue weighted by atomic mass is 127. The maximum absolute atomic E-state index is 12.1. The Morgan fingerprint density at radius 2 is 1.90 bits per heavy atom. The van der Waals surface area contributed by atoms with Crippen LogP contribution in [-0.4, -0.2) is 48.7 Å². The highest BCUT2D eigenvalue weighted by Crippen LogP contribution is 2.13. The zero-order chi connectivity index (χ0) is 15.4. The van der Waals surface area contributed by atoms with E-state index in [0.717, 1.165) is 16.7 Å². The topological polar surface area (TPSA) is 41.6 Å². The van der Waals surface area contributed by atoms with Crippen LogP contribution in [0.4, 0.5) is 0 Å². The van der Waals surface area contributed by atoms with Crippen molar-refractivity contribution in [2.75, 3.05) is 19.6 Å². The van der Waals surface area contributed by atoms with Gasteiger partial charge in [-0.1, -0.05) is 0 Å². The van der Waals surface area contributed by atoms with Crippen LogP contribution in [0.3, 0.4) is 0 Å². The molecule has 0 bridgehead atoms. The Bertz CT molecular complexity index is 468. The summed E-state index contributed by atoms with van der Waals surface area (Å²) in [6.07, 6.45) is 0.506. The van der Waals surface area contributed by atoms with Crippen LogP contribution >= 0.6 is 22.6 Å². The number of nitrogens with one attached hydrogen (secondary N) is 1. The van der Waals surface area contributed by atoms with Gasteiger partial charge < -0.3 is 10.1 Å². The number of rotatable bonds is 4. The first kappa shape index (κ1) is 16.7. The van der Waals surface area contributed by atoms with E-state index in [2.05, 4.69) is 53.6 Å². The van der Waals surface area contributed by atoms with Gasteiger partial charge in [-0.3, -0.25) is 9.69 Å². The lowest BCUT2D eigenvalue weighted by Gasteiger charge is -2.39. The number of benzene rings is 1. The number of hydrogen-bond acceptors (Lipinski definition) is 3. The van der Waals surface area contributed by atoms with Gasteiger partial charge >= 0.3 is 0 Å². The monoisotopic (exact) mass is 402 g/mol. The molecule has 0 aliphatic carbocycles. The molecule has 4 nitrogen and oxygen atoms in total. The third kappa shape index (κ3) is 4.93. The summed E-state index contributed by atoms with van der Waals surface area (Å²) in [5.74, 6) is -0.00685. The molecular weight excluding hydrogens is 379 g/mol. The zero-order valence-electron chi connectivity index (χ0n) is 12.8. The SMILES string of the molecule is C[C@@H]1CN([C@@H](C)CNC(=O)c2ccc(I)cc2)C[C@@H](C)O1. The molecule has 21 heavy (non-hydrogen) atoms. The number of carbonyl (C=O) groups is 1. The molecule has 1 amide bonds. The highest BCUT2D eigenvalue weighted by Gasteiger charge is 2.25. The van der Waals surface area contributed by atoms with Gasteiger partial charge in [0.1, 0.15) is 0 Å². The Balaban J connectivity index is 1.84. The van der Waals surface area contributed by atoms with E-state index in [-0.39, 0.29) is 18.1 Å². The van der Waals surface area contributed by atoms with Crippen LogP contribution in [-0.2, 0) is 4.74 Å². The molecule has 0 unspecified atom stereocenters. The lowest BCUT2D eigenvalue weighted by molar-refractivity contribution is -0.0778. The van der Waals surface area contributed by atoms with E-state index in [1.165, 1.54) is 0 Å². The molecule has 2 rings (SSSR count). The van der Waals surface area contributed by atoms with Crippen molar-refractivity contribution in [3.8, 4) is 0 Å². The van der Waals surface area contributed by atoms with Gasteiger partial charge in [0.05, 0.1) is 12.2 Å². The first-order valence-corrected chi connectivity index (χ1v) is 8.47. The van der Waals surface area contributed by atoms with E-state index >= 15 is 0 Å². The van der Waals surface area contributed by atoms with Gasteiger partial charge in [-0.15, -0.1) is 0 Å². The van der Waals surface area contributed by atoms with Gasteiger partial charge in [-0.05, 0) is 67.6 Å². The Morgan fingerprint density at radius 3 is 2.48 bits per heavy atom. The van der Waals surface area contributed by atoms with Crippen molar-refractivity contribution < 1.29 is 9.53 Å². The maximum atomic E-state index is 12.1. The second kappa shape index (κ2) is 7.56. The normalized spacial score (nSPS) is 24.6. The molecule has 3 atom stereocenters. The van der Waals surface area contributed by atoms with Crippen molar-refractivity contribution in [2.45, 2.75) is 39.0 Å². The van der Waals surface area contributed by atoms with E-state index < -0.39 is 0 Å². The molecule has 116 valence electrons. The highest BCUT2D eigenvalue weighted by molar-refractivity contribution is 14.1. The van der Waals surface area contributed by atoms with Crippen LogP contribution in [0.2, 0.25) is 0 Å². The minimum absolute atomic E-state index is 0.00685. The number of carbonyl (C=O) groups excluding carboxylic acids is 1. The van der Waals surface area contributed by atoms with Crippen molar-refractivity contribution in [2.24, 2.45) is 0 Å². The predicted octanol–water partition coefficient (Wildman–Crippen LogP) is 2.52. The summed E-state index contributed by atoms with van der Waals surface area (Å²) in [6.45, 7) is 8.85. The first-order chi connectivity index (χ1) is 9.95. The molecule has 1 aliphatic rings. The van der Waals surface area contributed by atoms with Crippen molar-refractivity contribution in [3.05, 3.63) is 33.4 Å². The number of hydrogen-bond donors (Lipinski definition) is 1. The minimum atomic E-state index is -0.00685. The third-order valence-electron chi connectivity index (χ3n) is 3.74. The number of amides is 1. The summed E-state index contributed by atoms with van der Waals surface area (Å²) < 4.78 is 6.88. The van der Waals surface area contributed by atoms with Crippen LogP contribution in [0.5, 0.6) is 0 Å². The molecule has 0 spiro atoms. The van der Waals surface area contributed by atoms with Gasteiger partial charge in [0.25, 0.3) is 5.91 Å². The fourth-order valence-electron chi connectivity index (χ4n) is 2.65. The summed E-state index contributed by atoms with van der Waals surface area (Å²) in [5.41, 5.74) is 0.714. The average molecular weight is 402 g/mol. The minimum Gasteiger partial charge on any atom is -0.373 e. The second-order valence-corrected chi connectivity index (χ2v) is 7.02. The van der Waals surface area contributed by atoms with Gasteiger partial charge in [0.15, 0.2) is 0 Å². The van der Waals surface area contributed by atoms with Crippen molar-refractivity contribution in [1.29, 1.82) is 0 Å². The standard InChI is InChI=1S/C16H23IN2O2/c1-11(19-9-12(2)21-13(3)10-19)8-18-16(20)14-4-6-15(17)7-5-14/h4-7,11-13H,8-10H2,1-3H3,(H,18,20)/t11-,12+,13+/m0/s1. The largest absolute Gasteiger partial charge is 0.373 e. The Hall–Kier alpha value is -0.660. The van der Waals surface area contributed by atoms with E-state index in [1.807, 2.05) is 24.3 Å². The molecule has 1 fully saturated rings. The lowest BCUT2D eigenvalue weighted by atomic mass is 10.1. The fourth-order valence-corrected chi connectivity index (χ4v) is 3.01. The first-order valence-electron chi connectivity index (χ1n) is 7.39. The van der Waals surface area contributed by atoms with Crippen LogP contribution in [0.15, 0.2) is 24.3 Å². The van der Waals surface area contributed by atoms with Gasteiger partial charge in [-0.25, -0.2) is 0 Å². The number of nitrogens with zero attached hydrogens (tertiary/aromatic N) is 1. The van der Waals surface area contributed by atoms with Crippen LogP contribution < -0.4 is 5.32 Å². The molecule has 1 aliphatic heterocycles. The maximum Gasteiger partial charge on any atom is 0.251 e. The number of morpholine rings is 1. The lowest BCUT2D eigenvalue weighted by Crippen LogP contribution is -2.52. The smallest absolute Gasteiger partial charge is 0.251 e. The number of halogens is 1. The van der Waals surface area contributed by atoms with Crippen molar-refractivity contribution in [1.82, 2.24) is 10.2 Å². The number of ether oxygens (including phenoxy) is 1. The third-order valence-corrected chi connectivity index (χ3v) is 4.45. The molecule has 5 heteroatoms. The average Bonchev–Trinajstić information content (AvgIpc) is 2.44. The summed E-state index contributed by atoms with van der Waals surface area (Å²) in [4.78, 5) is 14.5. The zero-order valence-corrected chi connectivity index (χ0v) is 15.0. The molecule has 1 heterocycles. The van der Waals surface area contributed by atoms with E-state index in [4.69, 9.17) is 4.74 Å². The molecule has 1 N–H and O–H groups in total.